The summed E-state index contributed by atoms with van der Waals surface area (Å²) in [6.45, 7) is 9.94. The van der Waals surface area contributed by atoms with E-state index >= 15 is 0 Å². The number of rotatable bonds is 0. The van der Waals surface area contributed by atoms with Crippen LogP contribution in [0.3, 0.4) is 0 Å². The summed E-state index contributed by atoms with van der Waals surface area (Å²) in [5.41, 5.74) is 2.96. The highest BCUT2D eigenvalue weighted by molar-refractivity contribution is 5.25. The van der Waals surface area contributed by atoms with Crippen molar-refractivity contribution >= 4 is 0 Å². The van der Waals surface area contributed by atoms with Crippen LogP contribution in [0.5, 0.6) is 0 Å². The minimum Gasteiger partial charge on any atom is -0.0847 e. The molecule has 0 amide bonds. The fourth-order valence-corrected chi connectivity index (χ4v) is 5.35. The van der Waals surface area contributed by atoms with Crippen LogP contribution >= 0.6 is 0 Å². The van der Waals surface area contributed by atoms with Gasteiger partial charge in [0.1, 0.15) is 0 Å². The van der Waals surface area contributed by atoms with Gasteiger partial charge in [-0.3, -0.25) is 0 Å². The van der Waals surface area contributed by atoms with Gasteiger partial charge in [-0.15, -0.1) is 0 Å². The molecule has 0 saturated heterocycles. The second-order valence-electron chi connectivity index (χ2n) is 6.99. The summed E-state index contributed by atoms with van der Waals surface area (Å²) < 4.78 is 0. The second-order valence-corrected chi connectivity index (χ2v) is 6.99. The number of fused-ring (bicyclic) bond motifs is 1. The van der Waals surface area contributed by atoms with Gasteiger partial charge in [0, 0.05) is 0 Å². The van der Waals surface area contributed by atoms with Crippen LogP contribution in [0.25, 0.3) is 0 Å². The highest BCUT2D eigenvalue weighted by atomic mass is 14.7. The number of hydrogen-bond acceptors (Lipinski definition) is 0. The molecule has 0 aromatic rings. The Morgan fingerprint density at radius 3 is 2.73 bits per heavy atom. The molecule has 0 heteroatoms. The number of allylic oxidation sites excluding steroid dienone is 2. The van der Waals surface area contributed by atoms with Gasteiger partial charge in [-0.2, -0.15) is 0 Å². The van der Waals surface area contributed by atoms with Crippen LogP contribution in [-0.2, 0) is 0 Å². The molecule has 0 N–H and O–H groups in total. The van der Waals surface area contributed by atoms with Gasteiger partial charge in [-0.25, -0.2) is 0 Å². The van der Waals surface area contributed by atoms with Crippen molar-refractivity contribution in [3.63, 3.8) is 0 Å². The van der Waals surface area contributed by atoms with Crippen molar-refractivity contribution in [2.75, 3.05) is 0 Å². The Morgan fingerprint density at radius 2 is 2.00 bits per heavy atom. The average Bonchev–Trinajstić information content (AvgIpc) is 2.57. The molecule has 3 rings (SSSR count). The first-order valence-corrected chi connectivity index (χ1v) is 6.65. The maximum absolute atomic E-state index is 2.57. The number of hydrogen-bond donors (Lipinski definition) is 0. The standard InChI is InChI=1S/C15H24/c1-10-7-8-15-9-12(10)14(3,4)13(15)6-5-11(15)2/h7,11-13H,5-6,8-9H2,1-4H3/t11-,12?,13?,15+/m0/s1. The van der Waals surface area contributed by atoms with Crippen molar-refractivity contribution in [2.24, 2.45) is 28.6 Å². The zero-order chi connectivity index (χ0) is 10.8. The van der Waals surface area contributed by atoms with Gasteiger partial charge >= 0.3 is 0 Å². The van der Waals surface area contributed by atoms with Gasteiger partial charge in [0.25, 0.3) is 0 Å². The molecule has 4 atom stereocenters. The first kappa shape index (κ1) is 9.93. The van der Waals surface area contributed by atoms with Crippen LogP contribution in [0.2, 0.25) is 0 Å². The largest absolute Gasteiger partial charge is 0.0847 e. The van der Waals surface area contributed by atoms with Crippen LogP contribution in [0.1, 0.15) is 53.4 Å². The van der Waals surface area contributed by atoms with Gasteiger partial charge in [0.2, 0.25) is 0 Å². The Morgan fingerprint density at radius 1 is 1.27 bits per heavy atom. The molecule has 0 aliphatic heterocycles. The Labute approximate surface area is 94.1 Å². The second kappa shape index (κ2) is 2.70. The normalized spacial score (nSPS) is 51.5. The molecule has 2 bridgehead atoms. The molecular weight excluding hydrogens is 180 g/mol. The fourth-order valence-electron chi connectivity index (χ4n) is 5.35. The van der Waals surface area contributed by atoms with Crippen molar-refractivity contribution < 1.29 is 0 Å². The third kappa shape index (κ3) is 0.990. The zero-order valence-electron chi connectivity index (χ0n) is 10.6. The van der Waals surface area contributed by atoms with Crippen LogP contribution < -0.4 is 0 Å². The highest BCUT2D eigenvalue weighted by Crippen LogP contribution is 2.71. The van der Waals surface area contributed by atoms with Crippen LogP contribution in [0.4, 0.5) is 0 Å². The summed E-state index contributed by atoms with van der Waals surface area (Å²) in [5, 5.41) is 0. The van der Waals surface area contributed by atoms with E-state index in [1.807, 2.05) is 0 Å². The van der Waals surface area contributed by atoms with Gasteiger partial charge in [0.05, 0.1) is 0 Å². The molecule has 15 heavy (non-hydrogen) atoms. The maximum atomic E-state index is 2.57. The Hall–Kier alpha value is -0.260. The van der Waals surface area contributed by atoms with Crippen LogP contribution in [0, 0.1) is 28.6 Å². The minimum absolute atomic E-state index is 0.571. The highest BCUT2D eigenvalue weighted by Gasteiger charge is 2.62. The summed E-state index contributed by atoms with van der Waals surface area (Å²) >= 11 is 0. The molecule has 0 nitrogen and oxygen atoms in total. The van der Waals surface area contributed by atoms with Crippen molar-refractivity contribution in [1.29, 1.82) is 0 Å². The van der Waals surface area contributed by atoms with Gasteiger partial charge in [-0.05, 0) is 61.2 Å². The fraction of sp³-hybridized carbons (Fsp3) is 0.867. The van der Waals surface area contributed by atoms with E-state index in [9.17, 15) is 0 Å². The van der Waals surface area contributed by atoms with E-state index in [4.69, 9.17) is 0 Å². The lowest BCUT2D eigenvalue weighted by Gasteiger charge is -2.36. The average molecular weight is 204 g/mol. The molecular formula is C15H24. The van der Waals surface area contributed by atoms with E-state index in [0.29, 0.717) is 10.8 Å². The summed E-state index contributed by atoms with van der Waals surface area (Å²) in [6, 6.07) is 0. The molecule has 84 valence electrons. The Bertz CT molecular complexity index is 323. The van der Waals surface area contributed by atoms with E-state index in [1.165, 1.54) is 25.7 Å². The molecule has 0 heterocycles. The van der Waals surface area contributed by atoms with Crippen molar-refractivity contribution in [2.45, 2.75) is 53.4 Å². The van der Waals surface area contributed by atoms with Crippen LogP contribution in [-0.4, -0.2) is 0 Å². The Kier molecular flexibility index (Phi) is 1.79. The summed E-state index contributed by atoms with van der Waals surface area (Å²) in [5.74, 6) is 2.86. The molecule has 0 aromatic heterocycles. The van der Waals surface area contributed by atoms with Gasteiger partial charge in [-0.1, -0.05) is 32.4 Å². The SMILES string of the molecule is CC1=CC[C@]23CC1C(C)(C)C2CC[C@@H]3C. The summed E-state index contributed by atoms with van der Waals surface area (Å²) in [6.07, 6.45) is 8.41. The summed E-state index contributed by atoms with van der Waals surface area (Å²) in [7, 11) is 0. The molecule has 3 aliphatic rings. The minimum atomic E-state index is 0.571. The van der Waals surface area contributed by atoms with Crippen molar-refractivity contribution in [3.8, 4) is 0 Å². The maximum Gasteiger partial charge on any atom is -0.0146 e. The van der Waals surface area contributed by atoms with Gasteiger partial charge in [0.15, 0.2) is 0 Å². The topological polar surface area (TPSA) is 0 Å². The molecule has 1 spiro atoms. The van der Waals surface area contributed by atoms with Crippen molar-refractivity contribution in [1.82, 2.24) is 0 Å². The predicted molar refractivity (Wildman–Crippen MR) is 64.6 cm³/mol. The molecule has 0 radical (unpaired) electrons. The molecule has 0 aromatic carbocycles. The van der Waals surface area contributed by atoms with E-state index in [0.717, 1.165) is 17.8 Å². The smallest absolute Gasteiger partial charge is 0.0146 e. The third-order valence-corrected chi connectivity index (χ3v) is 6.30. The summed E-state index contributed by atoms with van der Waals surface area (Å²) in [4.78, 5) is 0. The molecule has 2 unspecified atom stereocenters. The van der Waals surface area contributed by atoms with Crippen molar-refractivity contribution in [3.05, 3.63) is 11.6 Å². The van der Waals surface area contributed by atoms with E-state index in [2.05, 4.69) is 33.8 Å². The van der Waals surface area contributed by atoms with E-state index in [1.54, 1.807) is 5.57 Å². The van der Waals surface area contributed by atoms with E-state index < -0.39 is 0 Å². The Balaban J connectivity index is 2.11. The quantitative estimate of drug-likeness (QED) is 0.513. The monoisotopic (exact) mass is 204 g/mol. The molecule has 2 saturated carbocycles. The lowest BCUT2D eigenvalue weighted by Crippen LogP contribution is -2.30. The lowest BCUT2D eigenvalue weighted by atomic mass is 9.68. The zero-order valence-corrected chi connectivity index (χ0v) is 10.6. The van der Waals surface area contributed by atoms with Gasteiger partial charge < -0.3 is 0 Å². The predicted octanol–water partition coefficient (Wildman–Crippen LogP) is 4.42. The molecule has 2 fully saturated rings. The lowest BCUT2D eigenvalue weighted by molar-refractivity contribution is 0.128. The van der Waals surface area contributed by atoms with Crippen LogP contribution in [0.15, 0.2) is 11.6 Å². The third-order valence-electron chi connectivity index (χ3n) is 6.30. The van der Waals surface area contributed by atoms with E-state index in [-0.39, 0.29) is 0 Å². The molecule has 3 aliphatic carbocycles. The first-order valence-electron chi connectivity index (χ1n) is 6.65. The first-order chi connectivity index (χ1) is 6.98.